The number of aromatic nitrogens is 1. The Kier molecular flexibility index (Phi) is 6.45. The third kappa shape index (κ3) is 5.44. The first-order valence-corrected chi connectivity index (χ1v) is 9.34. The van der Waals surface area contributed by atoms with Crippen LogP contribution < -0.4 is 10.6 Å². The Balaban J connectivity index is 1.56. The summed E-state index contributed by atoms with van der Waals surface area (Å²) >= 11 is 0. The lowest BCUT2D eigenvalue weighted by molar-refractivity contribution is -0.121. The Morgan fingerprint density at radius 3 is 2.61 bits per heavy atom. The van der Waals surface area contributed by atoms with Crippen LogP contribution in [-0.4, -0.2) is 29.9 Å². The van der Waals surface area contributed by atoms with Gasteiger partial charge in [0.05, 0.1) is 6.61 Å². The van der Waals surface area contributed by atoms with Gasteiger partial charge in [0.1, 0.15) is 12.3 Å². The molecule has 0 atom stereocenters. The molecule has 0 aliphatic rings. The van der Waals surface area contributed by atoms with E-state index in [1.54, 1.807) is 12.1 Å². The van der Waals surface area contributed by atoms with Crippen molar-refractivity contribution in [2.75, 3.05) is 18.5 Å². The maximum atomic E-state index is 12.2. The summed E-state index contributed by atoms with van der Waals surface area (Å²) in [7, 11) is 0. The van der Waals surface area contributed by atoms with Gasteiger partial charge in [-0.3, -0.25) is 9.59 Å². The van der Waals surface area contributed by atoms with Crippen LogP contribution in [0.2, 0.25) is 0 Å². The molecule has 3 aromatic rings. The Hall–Kier alpha value is -3.12. The zero-order valence-corrected chi connectivity index (χ0v) is 16.1. The molecule has 3 N–H and O–H groups in total. The molecule has 0 saturated carbocycles. The van der Waals surface area contributed by atoms with Crippen molar-refractivity contribution in [2.24, 2.45) is 5.92 Å². The number of hydrogen-bond donors (Lipinski definition) is 3. The highest BCUT2D eigenvalue weighted by Gasteiger charge is 2.11. The van der Waals surface area contributed by atoms with Crippen LogP contribution in [0.4, 0.5) is 5.69 Å². The first-order valence-electron chi connectivity index (χ1n) is 9.34. The molecular weight excluding hydrogens is 354 g/mol. The number of hydrogen-bond acceptors (Lipinski definition) is 3. The van der Waals surface area contributed by atoms with E-state index in [1.807, 2.05) is 56.3 Å². The number of anilines is 1. The standard InChI is InChI=1S/C22H25N3O3/c1-15(2)12-23-22(27)20-11-17-10-18(8-9-19(17)25-20)24-21(26)14-28-13-16-6-4-3-5-7-16/h3-11,15,25H,12-14H2,1-2H3,(H,23,27)(H,24,26). The van der Waals surface area contributed by atoms with Crippen LogP contribution in [0.1, 0.15) is 29.9 Å². The van der Waals surface area contributed by atoms with E-state index in [0.717, 1.165) is 16.5 Å². The van der Waals surface area contributed by atoms with Crippen molar-refractivity contribution in [3.63, 3.8) is 0 Å². The van der Waals surface area contributed by atoms with Gasteiger partial charge in [0, 0.05) is 23.1 Å². The van der Waals surface area contributed by atoms with Crippen molar-refractivity contribution in [3.05, 3.63) is 65.9 Å². The van der Waals surface area contributed by atoms with Crippen LogP contribution in [0.25, 0.3) is 10.9 Å². The maximum Gasteiger partial charge on any atom is 0.267 e. The fraction of sp³-hybridized carbons (Fsp3) is 0.273. The van der Waals surface area contributed by atoms with Crippen molar-refractivity contribution < 1.29 is 14.3 Å². The molecule has 0 aliphatic carbocycles. The van der Waals surface area contributed by atoms with Gasteiger partial charge in [-0.15, -0.1) is 0 Å². The van der Waals surface area contributed by atoms with Crippen molar-refractivity contribution in [1.82, 2.24) is 10.3 Å². The second kappa shape index (κ2) is 9.19. The van der Waals surface area contributed by atoms with Gasteiger partial charge in [-0.05, 0) is 35.7 Å². The number of H-pyrrole nitrogens is 1. The quantitative estimate of drug-likeness (QED) is 0.558. The normalized spacial score (nSPS) is 11.0. The molecule has 6 nitrogen and oxygen atoms in total. The zero-order valence-electron chi connectivity index (χ0n) is 16.1. The molecule has 3 rings (SSSR count). The Morgan fingerprint density at radius 1 is 1.07 bits per heavy atom. The molecule has 0 saturated heterocycles. The van der Waals surface area contributed by atoms with Crippen LogP contribution >= 0.6 is 0 Å². The molecule has 6 heteroatoms. The minimum Gasteiger partial charge on any atom is -0.367 e. The molecule has 28 heavy (non-hydrogen) atoms. The van der Waals surface area contributed by atoms with Crippen molar-refractivity contribution >= 4 is 28.4 Å². The molecular formula is C22H25N3O3. The molecule has 146 valence electrons. The zero-order chi connectivity index (χ0) is 19.9. The first kappa shape index (κ1) is 19.6. The second-order valence-electron chi connectivity index (χ2n) is 7.12. The van der Waals surface area contributed by atoms with E-state index in [9.17, 15) is 9.59 Å². The van der Waals surface area contributed by atoms with Gasteiger partial charge in [-0.25, -0.2) is 0 Å². The number of fused-ring (bicyclic) bond motifs is 1. The van der Waals surface area contributed by atoms with E-state index in [-0.39, 0.29) is 18.4 Å². The summed E-state index contributed by atoms with van der Waals surface area (Å²) in [5, 5.41) is 6.57. The van der Waals surface area contributed by atoms with Gasteiger partial charge in [-0.1, -0.05) is 44.2 Å². The first-order chi connectivity index (χ1) is 13.5. The monoisotopic (exact) mass is 379 g/mol. The van der Waals surface area contributed by atoms with Gasteiger partial charge in [0.25, 0.3) is 5.91 Å². The molecule has 0 radical (unpaired) electrons. The van der Waals surface area contributed by atoms with Gasteiger partial charge in [0.2, 0.25) is 5.91 Å². The van der Waals surface area contributed by atoms with Gasteiger partial charge >= 0.3 is 0 Å². The predicted molar refractivity (Wildman–Crippen MR) is 110 cm³/mol. The Morgan fingerprint density at radius 2 is 1.86 bits per heavy atom. The van der Waals surface area contributed by atoms with Crippen LogP contribution in [0.5, 0.6) is 0 Å². The number of benzene rings is 2. The largest absolute Gasteiger partial charge is 0.367 e. The van der Waals surface area contributed by atoms with Crippen molar-refractivity contribution in [1.29, 1.82) is 0 Å². The molecule has 2 amide bonds. The van der Waals surface area contributed by atoms with Gasteiger partial charge in [0.15, 0.2) is 0 Å². The summed E-state index contributed by atoms with van der Waals surface area (Å²) < 4.78 is 5.45. The van der Waals surface area contributed by atoms with Crippen LogP contribution in [0.15, 0.2) is 54.6 Å². The van der Waals surface area contributed by atoms with Crippen LogP contribution in [0.3, 0.4) is 0 Å². The van der Waals surface area contributed by atoms with E-state index in [4.69, 9.17) is 4.74 Å². The summed E-state index contributed by atoms with van der Waals surface area (Å²) in [4.78, 5) is 27.4. The summed E-state index contributed by atoms with van der Waals surface area (Å²) in [5.41, 5.74) is 3.03. The van der Waals surface area contributed by atoms with Crippen molar-refractivity contribution in [2.45, 2.75) is 20.5 Å². The number of carbonyl (C=O) groups excluding carboxylic acids is 2. The molecule has 0 unspecified atom stereocenters. The third-order valence-electron chi connectivity index (χ3n) is 4.16. The highest BCUT2D eigenvalue weighted by molar-refractivity contribution is 6.00. The van der Waals surface area contributed by atoms with Crippen LogP contribution in [-0.2, 0) is 16.1 Å². The van der Waals surface area contributed by atoms with E-state index >= 15 is 0 Å². The topological polar surface area (TPSA) is 83.2 Å². The molecule has 0 spiro atoms. The number of ether oxygens (including phenoxy) is 1. The summed E-state index contributed by atoms with van der Waals surface area (Å²) in [6.07, 6.45) is 0. The lowest BCUT2D eigenvalue weighted by atomic mass is 10.2. The van der Waals surface area contributed by atoms with Crippen LogP contribution in [0, 0.1) is 5.92 Å². The van der Waals surface area contributed by atoms with Gasteiger partial charge < -0.3 is 20.4 Å². The number of rotatable bonds is 8. The smallest absolute Gasteiger partial charge is 0.267 e. The number of aromatic amines is 1. The van der Waals surface area contributed by atoms with Crippen molar-refractivity contribution in [3.8, 4) is 0 Å². The minimum absolute atomic E-state index is 0.0249. The summed E-state index contributed by atoms with van der Waals surface area (Å²) in [6.45, 7) is 5.08. The Labute approximate surface area is 164 Å². The van der Waals surface area contributed by atoms with E-state index < -0.39 is 0 Å². The number of nitrogens with one attached hydrogen (secondary N) is 3. The highest BCUT2D eigenvalue weighted by Crippen LogP contribution is 2.20. The van der Waals surface area contributed by atoms with E-state index in [1.165, 1.54) is 0 Å². The van der Waals surface area contributed by atoms with Gasteiger partial charge in [-0.2, -0.15) is 0 Å². The molecule has 0 bridgehead atoms. The average Bonchev–Trinajstić information content (AvgIpc) is 3.10. The summed E-state index contributed by atoms with van der Waals surface area (Å²) in [5.74, 6) is 0.0322. The predicted octanol–water partition coefficient (Wildman–Crippen LogP) is 3.71. The fourth-order valence-electron chi connectivity index (χ4n) is 2.76. The fourth-order valence-corrected chi connectivity index (χ4v) is 2.76. The summed E-state index contributed by atoms with van der Waals surface area (Å²) in [6, 6.07) is 17.0. The molecule has 0 aliphatic heterocycles. The average molecular weight is 379 g/mol. The Bertz CT molecular complexity index is 948. The molecule has 1 aromatic heterocycles. The SMILES string of the molecule is CC(C)CNC(=O)c1cc2cc(NC(=O)COCc3ccccc3)ccc2[nH]1. The lowest BCUT2D eigenvalue weighted by Gasteiger charge is -2.06. The minimum atomic E-state index is -0.222. The molecule has 0 fully saturated rings. The molecule has 2 aromatic carbocycles. The third-order valence-corrected chi connectivity index (χ3v) is 4.16. The number of amides is 2. The van der Waals surface area contributed by atoms with E-state index in [2.05, 4.69) is 15.6 Å². The number of carbonyl (C=O) groups is 2. The second-order valence-corrected chi connectivity index (χ2v) is 7.12. The lowest BCUT2D eigenvalue weighted by Crippen LogP contribution is -2.27. The van der Waals surface area contributed by atoms with E-state index in [0.29, 0.717) is 30.5 Å². The molecule has 1 heterocycles. The highest BCUT2D eigenvalue weighted by atomic mass is 16.5. The maximum absolute atomic E-state index is 12.2.